The SMILES string of the molecule is [N-]=[N+]=C(C(=O)c1ccccc1)C1c2ccccc2C=Cc2ccccc21. The van der Waals surface area contributed by atoms with Crippen molar-refractivity contribution in [3.05, 3.63) is 112 Å². The van der Waals surface area contributed by atoms with Crippen LogP contribution in [0.1, 0.15) is 38.5 Å². The standard InChI is InChI=1S/C23H16N2O/c24-25-22(23(26)18-10-2-1-3-11-18)21-19-12-6-4-8-16(19)14-15-17-9-5-7-13-20(17)21/h1-15,21H. The minimum absolute atomic E-state index is 0.125. The molecule has 3 aromatic rings. The molecule has 0 atom stereocenters. The Morgan fingerprint density at radius 3 is 1.77 bits per heavy atom. The fraction of sp³-hybridized carbons (Fsp3) is 0.0435. The maximum atomic E-state index is 13.1. The Labute approximate surface area is 151 Å². The van der Waals surface area contributed by atoms with E-state index in [-0.39, 0.29) is 11.5 Å². The average molecular weight is 336 g/mol. The van der Waals surface area contributed by atoms with Crippen molar-refractivity contribution < 1.29 is 9.58 Å². The van der Waals surface area contributed by atoms with E-state index in [1.54, 1.807) is 24.3 Å². The van der Waals surface area contributed by atoms with Gasteiger partial charge in [-0.3, -0.25) is 4.79 Å². The predicted molar refractivity (Wildman–Crippen MR) is 103 cm³/mol. The van der Waals surface area contributed by atoms with Crippen LogP contribution in [0.25, 0.3) is 17.7 Å². The number of nitrogens with zero attached hydrogens (tertiary/aromatic N) is 2. The van der Waals surface area contributed by atoms with Gasteiger partial charge in [0.25, 0.3) is 5.78 Å². The van der Waals surface area contributed by atoms with Crippen molar-refractivity contribution in [2.75, 3.05) is 0 Å². The van der Waals surface area contributed by atoms with Crippen LogP contribution in [0.4, 0.5) is 0 Å². The molecule has 3 aromatic carbocycles. The van der Waals surface area contributed by atoms with Gasteiger partial charge in [-0.15, -0.1) is 0 Å². The molecule has 0 saturated carbocycles. The molecule has 124 valence electrons. The van der Waals surface area contributed by atoms with Crippen molar-refractivity contribution in [3.8, 4) is 0 Å². The van der Waals surface area contributed by atoms with E-state index in [0.717, 1.165) is 22.3 Å². The first kappa shape index (κ1) is 15.9. The largest absolute Gasteiger partial charge is 0.361 e. The summed E-state index contributed by atoms with van der Waals surface area (Å²) in [5.41, 5.74) is 14.4. The van der Waals surface area contributed by atoms with Gasteiger partial charge in [-0.25, -0.2) is 0 Å². The van der Waals surface area contributed by atoms with Crippen LogP contribution in [0, 0.1) is 0 Å². The molecule has 3 heteroatoms. The van der Waals surface area contributed by atoms with Gasteiger partial charge in [-0.1, -0.05) is 91.0 Å². The Morgan fingerprint density at radius 1 is 0.731 bits per heavy atom. The lowest BCUT2D eigenvalue weighted by Gasteiger charge is -2.16. The highest BCUT2D eigenvalue weighted by Crippen LogP contribution is 2.35. The molecular formula is C23H16N2O. The molecule has 0 spiro atoms. The van der Waals surface area contributed by atoms with Crippen molar-refractivity contribution >= 4 is 23.6 Å². The number of Topliss-reactive ketones (excluding diaryl/α,β-unsaturated/α-hetero) is 1. The number of ketones is 1. The summed E-state index contributed by atoms with van der Waals surface area (Å²) >= 11 is 0. The Morgan fingerprint density at radius 2 is 1.23 bits per heavy atom. The zero-order chi connectivity index (χ0) is 17.9. The summed E-state index contributed by atoms with van der Waals surface area (Å²) in [5.74, 6) is -0.709. The van der Waals surface area contributed by atoms with Gasteiger partial charge in [0.1, 0.15) is 5.92 Å². The van der Waals surface area contributed by atoms with E-state index in [9.17, 15) is 10.3 Å². The lowest BCUT2D eigenvalue weighted by Crippen LogP contribution is -2.25. The van der Waals surface area contributed by atoms with E-state index in [0.29, 0.717) is 5.56 Å². The van der Waals surface area contributed by atoms with Crippen LogP contribution < -0.4 is 0 Å². The monoisotopic (exact) mass is 336 g/mol. The molecular weight excluding hydrogens is 320 g/mol. The van der Waals surface area contributed by atoms with Crippen LogP contribution in [0.5, 0.6) is 0 Å². The van der Waals surface area contributed by atoms with Crippen LogP contribution in [-0.4, -0.2) is 16.3 Å². The predicted octanol–water partition coefficient (Wildman–Crippen LogP) is 4.86. The lowest BCUT2D eigenvalue weighted by molar-refractivity contribution is -0.00976. The van der Waals surface area contributed by atoms with Crippen LogP contribution in [0.15, 0.2) is 78.9 Å². The number of benzene rings is 3. The second kappa shape index (κ2) is 6.75. The highest BCUT2D eigenvalue weighted by Gasteiger charge is 2.37. The fourth-order valence-corrected chi connectivity index (χ4v) is 3.46. The second-order valence-electron chi connectivity index (χ2n) is 6.20. The minimum atomic E-state index is -0.435. The summed E-state index contributed by atoms with van der Waals surface area (Å²) < 4.78 is 0. The van der Waals surface area contributed by atoms with Crippen LogP contribution >= 0.6 is 0 Å². The van der Waals surface area contributed by atoms with Crippen LogP contribution in [0.2, 0.25) is 0 Å². The summed E-state index contributed by atoms with van der Waals surface area (Å²) in [4.78, 5) is 16.6. The number of hydrogen-bond acceptors (Lipinski definition) is 1. The zero-order valence-electron chi connectivity index (χ0n) is 14.0. The summed E-state index contributed by atoms with van der Waals surface area (Å²) in [7, 11) is 0. The van der Waals surface area contributed by atoms with E-state index >= 15 is 0 Å². The lowest BCUT2D eigenvalue weighted by atomic mass is 9.81. The summed E-state index contributed by atoms with van der Waals surface area (Å²) in [6.45, 7) is 0. The molecule has 0 unspecified atom stereocenters. The van der Waals surface area contributed by atoms with Gasteiger partial charge in [0, 0.05) is 5.56 Å². The van der Waals surface area contributed by atoms with Gasteiger partial charge in [0.15, 0.2) is 0 Å². The maximum Gasteiger partial charge on any atom is 0.351 e. The molecule has 26 heavy (non-hydrogen) atoms. The highest BCUT2D eigenvalue weighted by molar-refractivity contribution is 6.46. The van der Waals surface area contributed by atoms with Gasteiger partial charge >= 0.3 is 5.71 Å². The third-order valence-electron chi connectivity index (χ3n) is 4.71. The van der Waals surface area contributed by atoms with Crippen molar-refractivity contribution in [2.24, 2.45) is 0 Å². The normalized spacial score (nSPS) is 12.5. The number of carbonyl (C=O) groups is 1. The molecule has 0 radical (unpaired) electrons. The number of fused-ring (bicyclic) bond motifs is 2. The van der Waals surface area contributed by atoms with E-state index in [4.69, 9.17) is 0 Å². The summed E-state index contributed by atoms with van der Waals surface area (Å²) in [6.07, 6.45) is 4.08. The molecule has 0 heterocycles. The molecule has 0 aliphatic heterocycles. The maximum absolute atomic E-state index is 13.1. The van der Waals surface area contributed by atoms with Gasteiger partial charge in [-0.2, -0.15) is 4.79 Å². The highest BCUT2D eigenvalue weighted by atomic mass is 16.1. The van der Waals surface area contributed by atoms with Gasteiger partial charge < -0.3 is 5.53 Å². The first-order chi connectivity index (χ1) is 12.8. The third-order valence-corrected chi connectivity index (χ3v) is 4.71. The Bertz CT molecular complexity index is 1010. The third kappa shape index (κ3) is 2.71. The van der Waals surface area contributed by atoms with E-state index < -0.39 is 5.92 Å². The summed E-state index contributed by atoms with van der Waals surface area (Å²) in [5, 5.41) is 0. The quantitative estimate of drug-likeness (QED) is 0.292. The molecule has 0 bridgehead atoms. The molecule has 0 amide bonds. The van der Waals surface area contributed by atoms with Crippen molar-refractivity contribution in [1.82, 2.24) is 0 Å². The van der Waals surface area contributed by atoms with Crippen molar-refractivity contribution in [1.29, 1.82) is 0 Å². The van der Waals surface area contributed by atoms with Gasteiger partial charge in [0.05, 0.1) is 0 Å². The molecule has 4 rings (SSSR count). The molecule has 1 aliphatic rings. The van der Waals surface area contributed by atoms with Crippen molar-refractivity contribution in [2.45, 2.75) is 5.92 Å². The summed E-state index contributed by atoms with van der Waals surface area (Å²) in [6, 6.07) is 24.7. The molecule has 0 saturated heterocycles. The Hall–Kier alpha value is -3.55. The minimum Gasteiger partial charge on any atom is -0.361 e. The van der Waals surface area contributed by atoms with E-state index in [1.807, 2.05) is 66.7 Å². The molecule has 0 fully saturated rings. The number of rotatable bonds is 3. The number of hydrogen-bond donors (Lipinski definition) is 0. The second-order valence-corrected chi connectivity index (χ2v) is 6.20. The molecule has 0 aromatic heterocycles. The van der Waals surface area contributed by atoms with E-state index in [2.05, 4.69) is 4.79 Å². The van der Waals surface area contributed by atoms with Gasteiger partial charge in [0.2, 0.25) is 0 Å². The number of carbonyl (C=O) groups excluding carboxylic acids is 1. The van der Waals surface area contributed by atoms with Crippen LogP contribution in [0.3, 0.4) is 0 Å². The topological polar surface area (TPSA) is 53.5 Å². The molecule has 1 aliphatic carbocycles. The van der Waals surface area contributed by atoms with Crippen LogP contribution in [-0.2, 0) is 0 Å². The smallest absolute Gasteiger partial charge is 0.351 e. The van der Waals surface area contributed by atoms with E-state index in [1.165, 1.54) is 0 Å². The molecule has 0 N–H and O–H groups in total. The Kier molecular flexibility index (Phi) is 4.14. The van der Waals surface area contributed by atoms with Gasteiger partial charge in [-0.05, 0) is 22.3 Å². The molecule has 3 nitrogen and oxygen atoms in total. The average Bonchev–Trinajstić information content (AvgIpc) is 2.87. The fourth-order valence-electron chi connectivity index (χ4n) is 3.46. The Balaban J connectivity index is 1.93. The zero-order valence-corrected chi connectivity index (χ0v) is 14.0. The first-order valence-electron chi connectivity index (χ1n) is 8.47. The first-order valence-corrected chi connectivity index (χ1v) is 8.47. The van der Waals surface area contributed by atoms with Crippen molar-refractivity contribution in [3.63, 3.8) is 0 Å².